The summed E-state index contributed by atoms with van der Waals surface area (Å²) in [5, 5.41) is 0. The monoisotopic (exact) mass is 202 g/mol. The molecule has 0 aromatic heterocycles. The lowest BCUT2D eigenvalue weighted by atomic mass is 9.89. The minimum atomic E-state index is -0.875. The topological polar surface area (TPSA) is 0 Å². The van der Waals surface area contributed by atoms with Gasteiger partial charge in [-0.1, -0.05) is 20.8 Å². The van der Waals surface area contributed by atoms with Gasteiger partial charge in [-0.05, 0) is 11.8 Å². The summed E-state index contributed by atoms with van der Waals surface area (Å²) < 4.78 is 39.1. The highest BCUT2D eigenvalue weighted by atomic mass is 19.1. The van der Waals surface area contributed by atoms with Gasteiger partial charge in [0.2, 0.25) is 0 Å². The maximum atomic E-state index is 13.2. The van der Waals surface area contributed by atoms with Crippen LogP contribution in [0.2, 0.25) is 0 Å². The van der Waals surface area contributed by atoms with E-state index in [-0.39, 0.29) is 17.4 Å². The van der Waals surface area contributed by atoms with Crippen molar-refractivity contribution in [2.45, 2.75) is 26.7 Å². The molecule has 0 radical (unpaired) electrons. The van der Waals surface area contributed by atoms with Gasteiger partial charge in [0.15, 0.2) is 0 Å². The predicted octanol–water partition coefficient (Wildman–Crippen LogP) is 3.86. The SMILES string of the molecule is CC(C)C(C)c1c(F)cc(F)cc1F. The van der Waals surface area contributed by atoms with E-state index in [0.717, 1.165) is 12.1 Å². The first-order valence-electron chi connectivity index (χ1n) is 4.58. The third kappa shape index (κ3) is 2.08. The molecule has 1 rings (SSSR count). The van der Waals surface area contributed by atoms with Crippen molar-refractivity contribution in [1.29, 1.82) is 0 Å². The lowest BCUT2D eigenvalue weighted by Crippen LogP contribution is -2.08. The van der Waals surface area contributed by atoms with Gasteiger partial charge < -0.3 is 0 Å². The van der Waals surface area contributed by atoms with Gasteiger partial charge in [0, 0.05) is 17.7 Å². The summed E-state index contributed by atoms with van der Waals surface area (Å²) in [5.74, 6) is -2.62. The molecule has 1 aromatic rings. The fourth-order valence-corrected chi connectivity index (χ4v) is 1.32. The van der Waals surface area contributed by atoms with E-state index in [2.05, 4.69) is 0 Å². The standard InChI is InChI=1S/C11H13F3/c1-6(2)7(3)11-9(13)4-8(12)5-10(11)14/h4-7H,1-3H3. The Balaban J connectivity index is 3.20. The summed E-state index contributed by atoms with van der Waals surface area (Å²) in [6.45, 7) is 5.46. The maximum absolute atomic E-state index is 13.2. The van der Waals surface area contributed by atoms with Crippen LogP contribution in [0.5, 0.6) is 0 Å². The van der Waals surface area contributed by atoms with Crippen molar-refractivity contribution in [2.24, 2.45) is 5.92 Å². The molecule has 1 atom stereocenters. The Morgan fingerprint density at radius 1 is 0.929 bits per heavy atom. The Hall–Kier alpha value is -0.990. The van der Waals surface area contributed by atoms with Crippen LogP contribution in [0.25, 0.3) is 0 Å². The molecule has 3 heteroatoms. The van der Waals surface area contributed by atoms with Gasteiger partial charge in [-0.25, -0.2) is 13.2 Å². The van der Waals surface area contributed by atoms with Crippen LogP contribution in [-0.2, 0) is 0 Å². The van der Waals surface area contributed by atoms with Crippen LogP contribution >= 0.6 is 0 Å². The Morgan fingerprint density at radius 3 is 1.71 bits per heavy atom. The first kappa shape index (κ1) is 11.1. The summed E-state index contributed by atoms with van der Waals surface area (Å²) in [6, 6.07) is 1.44. The molecular weight excluding hydrogens is 189 g/mol. The highest BCUT2D eigenvalue weighted by Gasteiger charge is 2.19. The molecule has 0 spiro atoms. The molecule has 0 saturated carbocycles. The number of rotatable bonds is 2. The largest absolute Gasteiger partial charge is 0.207 e. The van der Waals surface area contributed by atoms with Gasteiger partial charge in [0.05, 0.1) is 0 Å². The van der Waals surface area contributed by atoms with Crippen molar-refractivity contribution < 1.29 is 13.2 Å². The molecular formula is C11H13F3. The van der Waals surface area contributed by atoms with Crippen LogP contribution in [0.3, 0.4) is 0 Å². The average molecular weight is 202 g/mol. The highest BCUT2D eigenvalue weighted by molar-refractivity contribution is 5.24. The van der Waals surface area contributed by atoms with E-state index >= 15 is 0 Å². The van der Waals surface area contributed by atoms with Crippen molar-refractivity contribution in [2.75, 3.05) is 0 Å². The van der Waals surface area contributed by atoms with Crippen molar-refractivity contribution >= 4 is 0 Å². The van der Waals surface area contributed by atoms with E-state index < -0.39 is 17.5 Å². The van der Waals surface area contributed by atoms with Crippen LogP contribution in [0, 0.1) is 23.4 Å². The Bertz CT molecular complexity index is 308. The number of hydrogen-bond acceptors (Lipinski definition) is 0. The van der Waals surface area contributed by atoms with E-state index in [1.165, 1.54) is 0 Å². The molecule has 0 aliphatic heterocycles. The van der Waals surface area contributed by atoms with Crippen LogP contribution < -0.4 is 0 Å². The first-order valence-corrected chi connectivity index (χ1v) is 4.58. The summed E-state index contributed by atoms with van der Waals surface area (Å²) in [5.41, 5.74) is -0.0265. The van der Waals surface area contributed by atoms with Gasteiger partial charge in [-0.2, -0.15) is 0 Å². The zero-order chi connectivity index (χ0) is 10.9. The fraction of sp³-hybridized carbons (Fsp3) is 0.455. The van der Waals surface area contributed by atoms with E-state index in [1.54, 1.807) is 6.92 Å². The van der Waals surface area contributed by atoms with Crippen molar-refractivity contribution in [3.63, 3.8) is 0 Å². The molecule has 0 heterocycles. The van der Waals surface area contributed by atoms with Gasteiger partial charge in [-0.15, -0.1) is 0 Å². The Morgan fingerprint density at radius 2 is 1.36 bits per heavy atom. The summed E-state index contributed by atoms with van der Waals surface area (Å²) in [7, 11) is 0. The molecule has 1 unspecified atom stereocenters. The minimum Gasteiger partial charge on any atom is -0.207 e. The molecule has 0 fully saturated rings. The van der Waals surface area contributed by atoms with Crippen molar-refractivity contribution in [1.82, 2.24) is 0 Å². The summed E-state index contributed by atoms with van der Waals surface area (Å²) >= 11 is 0. The minimum absolute atomic E-state index is 0.0265. The second kappa shape index (κ2) is 4.03. The zero-order valence-electron chi connectivity index (χ0n) is 8.44. The predicted molar refractivity (Wildman–Crippen MR) is 49.6 cm³/mol. The molecule has 78 valence electrons. The molecule has 0 saturated heterocycles. The lowest BCUT2D eigenvalue weighted by Gasteiger charge is -2.17. The third-order valence-electron chi connectivity index (χ3n) is 2.50. The molecule has 1 aromatic carbocycles. The molecule has 14 heavy (non-hydrogen) atoms. The maximum Gasteiger partial charge on any atom is 0.132 e. The van der Waals surface area contributed by atoms with E-state index in [0.29, 0.717) is 0 Å². The molecule has 0 aliphatic rings. The van der Waals surface area contributed by atoms with Crippen molar-refractivity contribution in [3.05, 3.63) is 35.1 Å². The van der Waals surface area contributed by atoms with Crippen molar-refractivity contribution in [3.8, 4) is 0 Å². The number of benzene rings is 1. The van der Waals surface area contributed by atoms with E-state index in [9.17, 15) is 13.2 Å². The summed E-state index contributed by atoms with van der Waals surface area (Å²) in [6.07, 6.45) is 0. The van der Waals surface area contributed by atoms with Gasteiger partial charge >= 0.3 is 0 Å². The van der Waals surface area contributed by atoms with E-state index in [4.69, 9.17) is 0 Å². The molecule has 0 amide bonds. The molecule has 0 nitrogen and oxygen atoms in total. The quantitative estimate of drug-likeness (QED) is 0.683. The fourth-order valence-electron chi connectivity index (χ4n) is 1.32. The second-order valence-corrected chi connectivity index (χ2v) is 3.82. The van der Waals surface area contributed by atoms with Crippen LogP contribution in [0.4, 0.5) is 13.2 Å². The molecule has 0 aliphatic carbocycles. The van der Waals surface area contributed by atoms with Gasteiger partial charge in [-0.3, -0.25) is 0 Å². The summed E-state index contributed by atoms with van der Waals surface area (Å²) in [4.78, 5) is 0. The van der Waals surface area contributed by atoms with E-state index in [1.807, 2.05) is 13.8 Å². The molecule has 0 N–H and O–H groups in total. The van der Waals surface area contributed by atoms with Crippen LogP contribution in [0.15, 0.2) is 12.1 Å². The second-order valence-electron chi connectivity index (χ2n) is 3.82. The van der Waals surface area contributed by atoms with Crippen LogP contribution in [0.1, 0.15) is 32.3 Å². The van der Waals surface area contributed by atoms with Gasteiger partial charge in [0.25, 0.3) is 0 Å². The number of hydrogen-bond donors (Lipinski definition) is 0. The zero-order valence-corrected chi connectivity index (χ0v) is 8.44. The molecule has 0 bridgehead atoms. The smallest absolute Gasteiger partial charge is 0.132 e. The highest BCUT2D eigenvalue weighted by Crippen LogP contribution is 2.28. The number of halogens is 3. The third-order valence-corrected chi connectivity index (χ3v) is 2.50. The van der Waals surface area contributed by atoms with Gasteiger partial charge in [0.1, 0.15) is 17.5 Å². The Labute approximate surface area is 81.8 Å². The lowest BCUT2D eigenvalue weighted by molar-refractivity contribution is 0.458. The van der Waals surface area contributed by atoms with Crippen LogP contribution in [-0.4, -0.2) is 0 Å². The first-order chi connectivity index (χ1) is 6.43. The normalized spacial score (nSPS) is 13.4. The Kier molecular flexibility index (Phi) is 3.19. The average Bonchev–Trinajstić information content (AvgIpc) is 2.01.